The van der Waals surface area contributed by atoms with Crippen molar-refractivity contribution < 1.29 is 14.3 Å². The van der Waals surface area contributed by atoms with E-state index in [1.54, 1.807) is 10.7 Å². The SMILES string of the molecule is COC(=O)c1ccc2[nH]c3c(c2c1)CN(C(=O)c1cc(C2CC2)nc2c1c(C)nn2C)CC3. The lowest BCUT2D eigenvalue weighted by Crippen LogP contribution is -2.36. The van der Waals surface area contributed by atoms with Crippen molar-refractivity contribution in [1.29, 1.82) is 0 Å². The molecule has 1 saturated carbocycles. The number of pyridine rings is 1. The number of H-pyrrole nitrogens is 1. The molecule has 4 aromatic rings. The molecule has 0 atom stereocenters. The smallest absolute Gasteiger partial charge is 0.337 e. The molecule has 1 N–H and O–H groups in total. The standard InChI is InChI=1S/C25H25N5O3/c1-13-22-17(11-21(14-4-5-14)27-23(22)29(2)28-13)24(31)30-9-8-20-18(12-30)16-10-15(25(32)33-3)6-7-19(16)26-20/h6-7,10-11,14,26H,4-5,8-9,12H2,1-3H3. The molecular formula is C25H25N5O3. The van der Waals surface area contributed by atoms with Crippen molar-refractivity contribution in [2.45, 2.75) is 38.6 Å². The summed E-state index contributed by atoms with van der Waals surface area (Å²) >= 11 is 0. The van der Waals surface area contributed by atoms with Crippen molar-refractivity contribution in [2.24, 2.45) is 7.05 Å². The molecule has 1 aromatic carbocycles. The van der Waals surface area contributed by atoms with Gasteiger partial charge in [0.2, 0.25) is 0 Å². The first-order valence-electron chi connectivity index (χ1n) is 11.3. The number of amides is 1. The molecule has 3 aromatic heterocycles. The summed E-state index contributed by atoms with van der Waals surface area (Å²) in [5, 5.41) is 6.33. The number of aromatic nitrogens is 4. The second kappa shape index (κ2) is 7.16. The third-order valence-corrected chi connectivity index (χ3v) is 6.90. The highest BCUT2D eigenvalue weighted by molar-refractivity contribution is 6.07. The molecule has 8 nitrogen and oxygen atoms in total. The highest BCUT2D eigenvalue weighted by Gasteiger charge is 2.31. The van der Waals surface area contributed by atoms with E-state index in [1.165, 1.54) is 7.11 Å². The minimum absolute atomic E-state index is 0.00419. The number of benzene rings is 1. The summed E-state index contributed by atoms with van der Waals surface area (Å²) in [6, 6.07) is 7.50. The predicted octanol–water partition coefficient (Wildman–Crippen LogP) is 3.62. The summed E-state index contributed by atoms with van der Waals surface area (Å²) in [6.07, 6.45) is 2.97. The number of aromatic amines is 1. The van der Waals surface area contributed by atoms with E-state index in [4.69, 9.17) is 9.72 Å². The molecular weight excluding hydrogens is 418 g/mol. The van der Waals surface area contributed by atoms with Crippen molar-refractivity contribution >= 4 is 33.8 Å². The summed E-state index contributed by atoms with van der Waals surface area (Å²) in [4.78, 5) is 36.1. The Labute approximate surface area is 190 Å². The monoisotopic (exact) mass is 443 g/mol. The van der Waals surface area contributed by atoms with E-state index >= 15 is 0 Å². The number of methoxy groups -OCH3 is 1. The van der Waals surface area contributed by atoms with Gasteiger partial charge < -0.3 is 14.6 Å². The molecule has 0 spiro atoms. The Morgan fingerprint density at radius 3 is 2.79 bits per heavy atom. The van der Waals surface area contributed by atoms with E-state index in [-0.39, 0.29) is 11.9 Å². The first-order chi connectivity index (χ1) is 15.9. The van der Waals surface area contributed by atoms with Gasteiger partial charge in [0.25, 0.3) is 5.91 Å². The van der Waals surface area contributed by atoms with Gasteiger partial charge in [-0.3, -0.25) is 9.48 Å². The number of nitrogens with one attached hydrogen (secondary N) is 1. The Bertz CT molecular complexity index is 1460. The van der Waals surface area contributed by atoms with Gasteiger partial charge >= 0.3 is 5.97 Å². The molecule has 1 amide bonds. The van der Waals surface area contributed by atoms with Crippen molar-refractivity contribution in [3.8, 4) is 0 Å². The average Bonchev–Trinajstić information content (AvgIpc) is 3.56. The van der Waals surface area contributed by atoms with Crippen LogP contribution in [-0.4, -0.2) is 50.2 Å². The van der Waals surface area contributed by atoms with Crippen molar-refractivity contribution in [3.05, 3.63) is 58.0 Å². The zero-order valence-corrected chi connectivity index (χ0v) is 18.9. The van der Waals surface area contributed by atoms with E-state index < -0.39 is 0 Å². The van der Waals surface area contributed by atoms with Crippen LogP contribution < -0.4 is 0 Å². The van der Waals surface area contributed by atoms with Gasteiger partial charge in [0.15, 0.2) is 5.65 Å². The number of aryl methyl sites for hydroxylation is 2. The largest absolute Gasteiger partial charge is 0.465 e. The minimum atomic E-state index is -0.366. The lowest BCUT2D eigenvalue weighted by atomic mass is 10.0. The van der Waals surface area contributed by atoms with E-state index in [9.17, 15) is 9.59 Å². The van der Waals surface area contributed by atoms with Crippen molar-refractivity contribution in [2.75, 3.05) is 13.7 Å². The van der Waals surface area contributed by atoms with Crippen LogP contribution in [0.3, 0.4) is 0 Å². The van der Waals surface area contributed by atoms with Gasteiger partial charge in [-0.15, -0.1) is 0 Å². The number of ether oxygens (including phenoxy) is 1. The van der Waals surface area contributed by atoms with Crippen LogP contribution in [0, 0.1) is 6.92 Å². The van der Waals surface area contributed by atoms with Crippen LogP contribution in [-0.2, 0) is 24.8 Å². The van der Waals surface area contributed by atoms with Gasteiger partial charge in [0.1, 0.15) is 0 Å². The molecule has 8 heteroatoms. The van der Waals surface area contributed by atoms with E-state index in [1.807, 2.05) is 37.1 Å². The maximum absolute atomic E-state index is 13.8. The first-order valence-corrected chi connectivity index (χ1v) is 11.3. The molecule has 0 saturated heterocycles. The van der Waals surface area contributed by atoms with Crippen LogP contribution in [0.25, 0.3) is 21.9 Å². The van der Waals surface area contributed by atoms with Gasteiger partial charge in [-0.05, 0) is 44.0 Å². The molecule has 1 fully saturated rings. The van der Waals surface area contributed by atoms with Gasteiger partial charge in [0, 0.05) is 60.3 Å². The highest BCUT2D eigenvalue weighted by atomic mass is 16.5. The summed E-state index contributed by atoms with van der Waals surface area (Å²) in [6.45, 7) is 3.05. The molecule has 0 bridgehead atoms. The number of carbonyl (C=O) groups is 2. The van der Waals surface area contributed by atoms with Crippen LogP contribution in [0.1, 0.15) is 62.1 Å². The molecule has 1 aliphatic carbocycles. The lowest BCUT2D eigenvalue weighted by molar-refractivity contribution is 0.0600. The van der Waals surface area contributed by atoms with Crippen LogP contribution in [0.5, 0.6) is 0 Å². The van der Waals surface area contributed by atoms with Crippen LogP contribution >= 0.6 is 0 Å². The van der Waals surface area contributed by atoms with Crippen molar-refractivity contribution in [3.63, 3.8) is 0 Å². The minimum Gasteiger partial charge on any atom is -0.465 e. The molecule has 0 unspecified atom stereocenters. The maximum Gasteiger partial charge on any atom is 0.337 e. The normalized spacial score (nSPS) is 15.8. The molecule has 168 valence electrons. The Kier molecular flexibility index (Phi) is 4.33. The topological polar surface area (TPSA) is 93.1 Å². The van der Waals surface area contributed by atoms with Gasteiger partial charge in [-0.1, -0.05) is 0 Å². The fourth-order valence-corrected chi connectivity index (χ4v) is 5.02. The highest BCUT2D eigenvalue weighted by Crippen LogP contribution is 2.41. The zero-order chi connectivity index (χ0) is 22.9. The summed E-state index contributed by atoms with van der Waals surface area (Å²) < 4.78 is 6.66. The summed E-state index contributed by atoms with van der Waals surface area (Å²) in [5.41, 5.74) is 6.91. The van der Waals surface area contributed by atoms with Gasteiger partial charge in [0.05, 0.1) is 29.3 Å². The molecule has 4 heterocycles. The predicted molar refractivity (Wildman–Crippen MR) is 123 cm³/mol. The van der Waals surface area contributed by atoms with Gasteiger partial charge in [-0.2, -0.15) is 5.10 Å². The number of esters is 1. The van der Waals surface area contributed by atoms with Crippen molar-refractivity contribution in [1.82, 2.24) is 24.6 Å². The van der Waals surface area contributed by atoms with Crippen LogP contribution in [0.2, 0.25) is 0 Å². The van der Waals surface area contributed by atoms with Gasteiger partial charge in [-0.25, -0.2) is 9.78 Å². The van der Waals surface area contributed by atoms with E-state index in [0.29, 0.717) is 30.1 Å². The third-order valence-electron chi connectivity index (χ3n) is 6.90. The Morgan fingerprint density at radius 2 is 2.03 bits per heavy atom. The number of rotatable bonds is 3. The van der Waals surface area contributed by atoms with Crippen LogP contribution in [0.4, 0.5) is 0 Å². The summed E-state index contributed by atoms with van der Waals surface area (Å²) in [5.74, 6) is 0.0772. The molecule has 33 heavy (non-hydrogen) atoms. The number of hydrogen-bond donors (Lipinski definition) is 1. The molecule has 0 radical (unpaired) electrons. The fraction of sp³-hybridized carbons (Fsp3) is 0.360. The van der Waals surface area contributed by atoms with Crippen LogP contribution in [0.15, 0.2) is 24.3 Å². The number of nitrogens with zero attached hydrogens (tertiary/aromatic N) is 4. The zero-order valence-electron chi connectivity index (χ0n) is 18.9. The third kappa shape index (κ3) is 3.12. The second-order valence-electron chi connectivity index (χ2n) is 9.09. The Hall–Kier alpha value is -3.68. The quantitative estimate of drug-likeness (QED) is 0.488. The fourth-order valence-electron chi connectivity index (χ4n) is 5.02. The first kappa shape index (κ1) is 20.0. The molecule has 1 aliphatic heterocycles. The number of fused-ring (bicyclic) bond motifs is 4. The molecule has 2 aliphatic rings. The summed E-state index contributed by atoms with van der Waals surface area (Å²) in [7, 11) is 3.26. The van der Waals surface area contributed by atoms with E-state index in [2.05, 4.69) is 10.1 Å². The number of hydrogen-bond acceptors (Lipinski definition) is 5. The Morgan fingerprint density at radius 1 is 1.21 bits per heavy atom. The molecule has 6 rings (SSSR count). The maximum atomic E-state index is 13.8. The van der Waals surface area contributed by atoms with E-state index in [0.717, 1.165) is 63.8 Å². The Balaban J connectivity index is 1.41. The number of carbonyl (C=O) groups excluding carboxylic acids is 2. The average molecular weight is 444 g/mol. The lowest BCUT2D eigenvalue weighted by Gasteiger charge is -2.28. The second-order valence-corrected chi connectivity index (χ2v) is 9.09.